The molecule has 0 saturated carbocycles. The molecule has 2 fully saturated rings. The summed E-state index contributed by atoms with van der Waals surface area (Å²) in [5, 5.41) is 8.90. The lowest BCUT2D eigenvalue weighted by atomic mass is 10.1. The number of benzene rings is 2. The lowest BCUT2D eigenvalue weighted by Gasteiger charge is -2.32. The fourth-order valence-electron chi connectivity index (χ4n) is 5.15. The molecule has 2 aliphatic heterocycles. The van der Waals surface area contributed by atoms with Crippen molar-refractivity contribution < 1.29 is 23.0 Å². The monoisotopic (exact) mass is 623 g/mol. The Morgan fingerprint density at radius 2 is 1.88 bits per heavy atom. The van der Waals surface area contributed by atoms with Crippen molar-refractivity contribution in [2.24, 2.45) is 0 Å². The Kier molecular flexibility index (Phi) is 8.14. The van der Waals surface area contributed by atoms with Crippen molar-refractivity contribution in [1.82, 2.24) is 19.4 Å². The van der Waals surface area contributed by atoms with E-state index in [-0.39, 0.29) is 35.9 Å². The largest absolute Gasteiger partial charge is 0.484 e. The molecule has 2 aromatic carbocycles. The fourth-order valence-corrected chi connectivity index (χ4v) is 5.57. The summed E-state index contributed by atoms with van der Waals surface area (Å²) in [5.41, 5.74) is 2.01. The van der Waals surface area contributed by atoms with Gasteiger partial charge in [0.1, 0.15) is 24.1 Å². The number of hydrogen-bond donors (Lipinski definition) is 0. The highest BCUT2D eigenvalue weighted by molar-refractivity contribution is 9.10. The molecular formula is C30H28BrF2N5O3. The summed E-state index contributed by atoms with van der Waals surface area (Å²) in [6, 6.07) is 14.8. The van der Waals surface area contributed by atoms with Crippen LogP contribution < -0.4 is 9.47 Å². The SMILES string of the molecule is N#Cc1ccc(OCc2cccc(OC3CCN(Cc4nc5c(F)cc(Br)cc5n4CC4CCO4)CC3)n2)c(F)c1. The van der Waals surface area contributed by atoms with Crippen LogP contribution in [-0.4, -0.2) is 51.3 Å². The number of pyridine rings is 1. The zero-order valence-corrected chi connectivity index (χ0v) is 23.8. The van der Waals surface area contributed by atoms with Crippen LogP contribution in [0.1, 0.15) is 36.3 Å². The second-order valence-corrected chi connectivity index (χ2v) is 11.2. The lowest BCUT2D eigenvalue weighted by Crippen LogP contribution is -2.39. The molecule has 0 radical (unpaired) electrons. The van der Waals surface area contributed by atoms with Crippen molar-refractivity contribution in [1.29, 1.82) is 5.26 Å². The van der Waals surface area contributed by atoms with Crippen LogP contribution in [0, 0.1) is 23.0 Å². The Morgan fingerprint density at radius 1 is 1.05 bits per heavy atom. The van der Waals surface area contributed by atoms with E-state index in [1.165, 1.54) is 18.2 Å². The third-order valence-electron chi connectivity index (χ3n) is 7.44. The van der Waals surface area contributed by atoms with Crippen molar-refractivity contribution >= 4 is 27.0 Å². The molecule has 2 aromatic heterocycles. The molecule has 212 valence electrons. The molecule has 4 aromatic rings. The minimum Gasteiger partial charge on any atom is -0.484 e. The lowest BCUT2D eigenvalue weighted by molar-refractivity contribution is -0.0592. The van der Waals surface area contributed by atoms with Crippen molar-refractivity contribution in [3.05, 3.63) is 81.7 Å². The quantitative estimate of drug-likeness (QED) is 0.234. The highest BCUT2D eigenvalue weighted by Gasteiger charge is 2.26. The van der Waals surface area contributed by atoms with Gasteiger partial charge in [0.05, 0.1) is 42.0 Å². The average Bonchev–Trinajstić information content (AvgIpc) is 3.28. The molecule has 1 unspecified atom stereocenters. The van der Waals surface area contributed by atoms with E-state index in [1.54, 1.807) is 12.1 Å². The smallest absolute Gasteiger partial charge is 0.213 e. The van der Waals surface area contributed by atoms with Crippen LogP contribution in [0.25, 0.3) is 11.0 Å². The summed E-state index contributed by atoms with van der Waals surface area (Å²) in [5.74, 6) is 0.466. The minimum absolute atomic E-state index is 0.00137. The molecule has 0 aliphatic carbocycles. The number of nitriles is 1. The van der Waals surface area contributed by atoms with Crippen molar-refractivity contribution in [3.8, 4) is 17.7 Å². The molecule has 0 N–H and O–H groups in total. The molecule has 11 heteroatoms. The molecule has 4 heterocycles. The maximum Gasteiger partial charge on any atom is 0.213 e. The van der Waals surface area contributed by atoms with Crippen LogP contribution in [0.4, 0.5) is 8.78 Å². The van der Waals surface area contributed by atoms with Gasteiger partial charge in [-0.05, 0) is 55.7 Å². The van der Waals surface area contributed by atoms with Gasteiger partial charge in [0.2, 0.25) is 5.88 Å². The maximum atomic E-state index is 14.7. The van der Waals surface area contributed by atoms with E-state index in [2.05, 4.69) is 35.4 Å². The number of hydrogen-bond acceptors (Lipinski definition) is 7. The molecule has 0 spiro atoms. The van der Waals surface area contributed by atoms with Crippen molar-refractivity contribution in [2.75, 3.05) is 19.7 Å². The number of fused-ring (bicyclic) bond motifs is 1. The summed E-state index contributed by atoms with van der Waals surface area (Å²) in [6.45, 7) is 3.72. The van der Waals surface area contributed by atoms with E-state index in [0.29, 0.717) is 34.7 Å². The summed E-state index contributed by atoms with van der Waals surface area (Å²) >= 11 is 3.41. The van der Waals surface area contributed by atoms with E-state index in [9.17, 15) is 8.78 Å². The second kappa shape index (κ2) is 12.1. The van der Waals surface area contributed by atoms with Gasteiger partial charge in [0.25, 0.3) is 0 Å². The van der Waals surface area contributed by atoms with Gasteiger partial charge in [-0.1, -0.05) is 22.0 Å². The topological polar surface area (TPSA) is 85.4 Å². The van der Waals surface area contributed by atoms with Gasteiger partial charge in [-0.25, -0.2) is 18.7 Å². The third-order valence-corrected chi connectivity index (χ3v) is 7.89. The van der Waals surface area contributed by atoms with Crippen LogP contribution in [0.15, 0.2) is 53.0 Å². The molecular weight excluding hydrogens is 596 g/mol. The molecule has 2 aliphatic rings. The van der Waals surface area contributed by atoms with Crippen LogP contribution in [0.3, 0.4) is 0 Å². The Bertz CT molecular complexity index is 1600. The van der Waals surface area contributed by atoms with Crippen LogP contribution in [0.5, 0.6) is 11.6 Å². The fraction of sp³-hybridized carbons (Fsp3) is 0.367. The first-order chi connectivity index (χ1) is 19.9. The van der Waals surface area contributed by atoms with Gasteiger partial charge in [0, 0.05) is 30.2 Å². The second-order valence-electron chi connectivity index (χ2n) is 10.3. The van der Waals surface area contributed by atoms with Gasteiger partial charge in [-0.3, -0.25) is 4.90 Å². The normalized spacial score (nSPS) is 17.8. The Balaban J connectivity index is 1.06. The van der Waals surface area contributed by atoms with Crippen LogP contribution in [0.2, 0.25) is 0 Å². The number of likely N-dealkylation sites (tertiary alicyclic amines) is 1. The van der Waals surface area contributed by atoms with Gasteiger partial charge in [-0.2, -0.15) is 5.26 Å². The summed E-state index contributed by atoms with van der Waals surface area (Å²) < 4.78 is 49.0. The van der Waals surface area contributed by atoms with Crippen LogP contribution in [-0.2, 0) is 24.4 Å². The third kappa shape index (κ3) is 6.35. The first-order valence-corrected chi connectivity index (χ1v) is 14.4. The molecule has 0 amide bonds. The van der Waals surface area contributed by atoms with Crippen molar-refractivity contribution in [3.63, 3.8) is 0 Å². The molecule has 2 saturated heterocycles. The minimum atomic E-state index is -0.590. The van der Waals surface area contributed by atoms with Crippen molar-refractivity contribution in [2.45, 2.75) is 51.2 Å². The number of piperidine rings is 1. The van der Waals surface area contributed by atoms with E-state index in [0.717, 1.165) is 56.4 Å². The predicted octanol–water partition coefficient (Wildman–Crippen LogP) is 5.75. The Labute approximate surface area is 244 Å². The van der Waals surface area contributed by atoms with Gasteiger partial charge >= 0.3 is 0 Å². The maximum absolute atomic E-state index is 14.7. The zero-order chi connectivity index (χ0) is 28.3. The number of halogens is 3. The van der Waals surface area contributed by atoms with Gasteiger partial charge in [0.15, 0.2) is 17.4 Å². The number of imidazole rings is 1. The van der Waals surface area contributed by atoms with Gasteiger partial charge < -0.3 is 18.8 Å². The highest BCUT2D eigenvalue weighted by Crippen LogP contribution is 2.28. The van der Waals surface area contributed by atoms with E-state index < -0.39 is 5.82 Å². The first kappa shape index (κ1) is 27.6. The number of rotatable bonds is 9. The first-order valence-electron chi connectivity index (χ1n) is 13.6. The molecule has 6 rings (SSSR count). The van der Waals surface area contributed by atoms with E-state index >= 15 is 0 Å². The summed E-state index contributed by atoms with van der Waals surface area (Å²) in [6.07, 6.45) is 2.74. The Morgan fingerprint density at radius 3 is 2.61 bits per heavy atom. The summed E-state index contributed by atoms with van der Waals surface area (Å²) in [7, 11) is 0. The highest BCUT2D eigenvalue weighted by atomic mass is 79.9. The van der Waals surface area contributed by atoms with E-state index in [4.69, 9.17) is 19.5 Å². The molecule has 0 bridgehead atoms. The number of nitrogens with zero attached hydrogens (tertiary/aromatic N) is 5. The Hall–Kier alpha value is -3.59. The number of ether oxygens (including phenoxy) is 3. The summed E-state index contributed by atoms with van der Waals surface area (Å²) in [4.78, 5) is 11.5. The molecule has 41 heavy (non-hydrogen) atoms. The average molecular weight is 624 g/mol. The standard InChI is InChI=1S/C30H28BrF2N5O3/c31-20-13-25(33)30-26(14-20)38(16-23-8-11-39-23)28(36-30)17-37-9-6-22(7-10-37)41-29-3-1-2-21(35-29)18-40-27-5-4-19(15-34)12-24(27)32/h1-5,12-14,22-23H,6-11,16-18H2. The predicted molar refractivity (Wildman–Crippen MR) is 150 cm³/mol. The van der Waals surface area contributed by atoms with Gasteiger partial charge in [-0.15, -0.1) is 0 Å². The molecule has 8 nitrogen and oxygen atoms in total. The van der Waals surface area contributed by atoms with E-state index in [1.807, 2.05) is 18.2 Å². The van der Waals surface area contributed by atoms with Crippen LogP contribution >= 0.6 is 15.9 Å². The molecule has 1 atom stereocenters. The zero-order valence-electron chi connectivity index (χ0n) is 22.2. The number of aromatic nitrogens is 3.